The molecule has 0 aromatic carbocycles. The van der Waals surface area contributed by atoms with E-state index in [2.05, 4.69) is 5.10 Å². The van der Waals surface area contributed by atoms with E-state index in [1.54, 1.807) is 17.8 Å². The first-order chi connectivity index (χ1) is 7.19. The summed E-state index contributed by atoms with van der Waals surface area (Å²) in [5.74, 6) is -0.261. The van der Waals surface area contributed by atoms with Crippen LogP contribution in [0.2, 0.25) is 0 Å². The third kappa shape index (κ3) is 3.06. The molecule has 0 aliphatic rings. The SMILES string of the molecule is CCOC(=O)Cn1ncc(CCN)c1C. The zero-order valence-electron chi connectivity index (χ0n) is 9.19. The second-order valence-electron chi connectivity index (χ2n) is 3.26. The van der Waals surface area contributed by atoms with Gasteiger partial charge in [-0.3, -0.25) is 9.48 Å². The van der Waals surface area contributed by atoms with E-state index in [0.717, 1.165) is 17.7 Å². The van der Waals surface area contributed by atoms with Crippen molar-refractivity contribution in [1.82, 2.24) is 9.78 Å². The van der Waals surface area contributed by atoms with Crippen molar-refractivity contribution < 1.29 is 9.53 Å². The molecule has 0 aliphatic heterocycles. The summed E-state index contributed by atoms with van der Waals surface area (Å²) in [5, 5.41) is 4.12. The van der Waals surface area contributed by atoms with Gasteiger partial charge in [0.2, 0.25) is 0 Å². The molecule has 84 valence electrons. The van der Waals surface area contributed by atoms with Crippen molar-refractivity contribution in [2.45, 2.75) is 26.8 Å². The third-order valence-electron chi connectivity index (χ3n) is 2.20. The van der Waals surface area contributed by atoms with Crippen LogP contribution in [-0.2, 0) is 22.5 Å². The topological polar surface area (TPSA) is 70.1 Å². The second kappa shape index (κ2) is 5.50. The monoisotopic (exact) mass is 211 g/mol. The predicted octanol–water partition coefficient (Wildman–Crippen LogP) is 0.256. The number of carbonyl (C=O) groups excluding carboxylic acids is 1. The van der Waals surface area contributed by atoms with E-state index in [1.807, 2.05) is 6.92 Å². The Hall–Kier alpha value is -1.36. The Morgan fingerprint density at radius 3 is 3.00 bits per heavy atom. The molecule has 5 nitrogen and oxygen atoms in total. The van der Waals surface area contributed by atoms with Crippen molar-refractivity contribution in [2.75, 3.05) is 13.2 Å². The number of carbonyl (C=O) groups is 1. The molecule has 1 heterocycles. The van der Waals surface area contributed by atoms with Crippen LogP contribution >= 0.6 is 0 Å². The summed E-state index contributed by atoms with van der Waals surface area (Å²) in [4.78, 5) is 11.2. The molecule has 0 bridgehead atoms. The molecule has 0 radical (unpaired) electrons. The van der Waals surface area contributed by atoms with Crippen LogP contribution in [0.25, 0.3) is 0 Å². The standard InChI is InChI=1S/C10H17N3O2/c1-3-15-10(14)7-13-8(2)9(4-5-11)6-12-13/h6H,3-5,7,11H2,1-2H3. The fourth-order valence-electron chi connectivity index (χ4n) is 1.37. The molecule has 0 unspecified atom stereocenters. The Morgan fingerprint density at radius 1 is 1.67 bits per heavy atom. The zero-order valence-corrected chi connectivity index (χ0v) is 9.19. The third-order valence-corrected chi connectivity index (χ3v) is 2.20. The molecule has 0 amide bonds. The first-order valence-corrected chi connectivity index (χ1v) is 5.06. The molecule has 1 rings (SSSR count). The van der Waals surface area contributed by atoms with Gasteiger partial charge in [-0.15, -0.1) is 0 Å². The highest BCUT2D eigenvalue weighted by atomic mass is 16.5. The number of nitrogens with zero attached hydrogens (tertiary/aromatic N) is 2. The van der Waals surface area contributed by atoms with Crippen LogP contribution in [0.4, 0.5) is 0 Å². The highest BCUT2D eigenvalue weighted by Crippen LogP contribution is 2.07. The zero-order chi connectivity index (χ0) is 11.3. The summed E-state index contributed by atoms with van der Waals surface area (Å²) in [7, 11) is 0. The maximum Gasteiger partial charge on any atom is 0.327 e. The Bertz CT molecular complexity index is 333. The minimum atomic E-state index is -0.261. The minimum Gasteiger partial charge on any atom is -0.465 e. The van der Waals surface area contributed by atoms with E-state index in [1.165, 1.54) is 0 Å². The predicted molar refractivity (Wildman–Crippen MR) is 56.4 cm³/mol. The number of rotatable bonds is 5. The molecule has 0 atom stereocenters. The van der Waals surface area contributed by atoms with Crippen molar-refractivity contribution in [3.8, 4) is 0 Å². The van der Waals surface area contributed by atoms with Crippen molar-refractivity contribution in [1.29, 1.82) is 0 Å². The van der Waals surface area contributed by atoms with Gasteiger partial charge in [0.05, 0.1) is 12.8 Å². The maximum atomic E-state index is 11.2. The Balaban J connectivity index is 2.65. The smallest absolute Gasteiger partial charge is 0.327 e. The van der Waals surface area contributed by atoms with Gasteiger partial charge in [-0.05, 0) is 32.4 Å². The molecule has 0 saturated carbocycles. The van der Waals surface area contributed by atoms with Crippen molar-refractivity contribution >= 4 is 5.97 Å². The van der Waals surface area contributed by atoms with Gasteiger partial charge in [-0.25, -0.2) is 0 Å². The summed E-state index contributed by atoms with van der Waals surface area (Å²) in [6.07, 6.45) is 2.54. The van der Waals surface area contributed by atoms with Crippen LogP contribution in [0.1, 0.15) is 18.2 Å². The number of aromatic nitrogens is 2. The maximum absolute atomic E-state index is 11.2. The van der Waals surface area contributed by atoms with Crippen molar-refractivity contribution in [2.24, 2.45) is 5.73 Å². The Morgan fingerprint density at radius 2 is 2.40 bits per heavy atom. The molecular formula is C10H17N3O2. The van der Waals surface area contributed by atoms with E-state index in [-0.39, 0.29) is 12.5 Å². The molecule has 0 aliphatic carbocycles. The lowest BCUT2D eigenvalue weighted by atomic mass is 10.2. The van der Waals surface area contributed by atoms with Gasteiger partial charge in [0, 0.05) is 5.69 Å². The molecule has 0 fully saturated rings. The van der Waals surface area contributed by atoms with Crippen molar-refractivity contribution in [3.63, 3.8) is 0 Å². The van der Waals surface area contributed by atoms with E-state index in [0.29, 0.717) is 13.2 Å². The fraction of sp³-hybridized carbons (Fsp3) is 0.600. The highest BCUT2D eigenvalue weighted by Gasteiger charge is 2.09. The summed E-state index contributed by atoms with van der Waals surface area (Å²) < 4.78 is 6.49. The van der Waals surface area contributed by atoms with Crippen molar-refractivity contribution in [3.05, 3.63) is 17.5 Å². The summed E-state index contributed by atoms with van der Waals surface area (Å²) in [6, 6.07) is 0. The van der Waals surface area contributed by atoms with Crippen LogP contribution in [0.15, 0.2) is 6.20 Å². The van der Waals surface area contributed by atoms with Gasteiger partial charge in [0.25, 0.3) is 0 Å². The Labute approximate surface area is 89.2 Å². The fourth-order valence-corrected chi connectivity index (χ4v) is 1.37. The number of nitrogens with two attached hydrogens (primary N) is 1. The lowest BCUT2D eigenvalue weighted by Gasteiger charge is -2.04. The number of hydrogen-bond acceptors (Lipinski definition) is 4. The first-order valence-electron chi connectivity index (χ1n) is 5.06. The molecule has 1 aromatic heterocycles. The van der Waals surface area contributed by atoms with Crippen LogP contribution in [0, 0.1) is 6.92 Å². The number of ether oxygens (including phenoxy) is 1. The largest absolute Gasteiger partial charge is 0.465 e. The molecule has 0 spiro atoms. The average molecular weight is 211 g/mol. The number of esters is 1. The van der Waals surface area contributed by atoms with Gasteiger partial charge < -0.3 is 10.5 Å². The minimum absolute atomic E-state index is 0.171. The van der Waals surface area contributed by atoms with Gasteiger partial charge in [0.1, 0.15) is 6.54 Å². The van der Waals surface area contributed by atoms with E-state index < -0.39 is 0 Å². The first kappa shape index (κ1) is 11.7. The second-order valence-corrected chi connectivity index (χ2v) is 3.26. The summed E-state index contributed by atoms with van der Waals surface area (Å²) in [6.45, 7) is 4.87. The average Bonchev–Trinajstić information content (AvgIpc) is 2.51. The van der Waals surface area contributed by atoms with Crippen LogP contribution in [0.5, 0.6) is 0 Å². The molecule has 0 saturated heterocycles. The quantitative estimate of drug-likeness (QED) is 0.709. The summed E-state index contributed by atoms with van der Waals surface area (Å²) >= 11 is 0. The lowest BCUT2D eigenvalue weighted by molar-refractivity contribution is -0.144. The van der Waals surface area contributed by atoms with Crippen LogP contribution in [0.3, 0.4) is 0 Å². The molecule has 2 N–H and O–H groups in total. The molecule has 15 heavy (non-hydrogen) atoms. The van der Waals surface area contributed by atoms with Crippen LogP contribution < -0.4 is 5.73 Å². The van der Waals surface area contributed by atoms with Crippen LogP contribution in [-0.4, -0.2) is 28.9 Å². The van der Waals surface area contributed by atoms with E-state index in [4.69, 9.17) is 10.5 Å². The highest BCUT2D eigenvalue weighted by molar-refractivity contribution is 5.69. The van der Waals surface area contributed by atoms with E-state index in [9.17, 15) is 4.79 Å². The molecule has 5 heteroatoms. The van der Waals surface area contributed by atoms with E-state index >= 15 is 0 Å². The van der Waals surface area contributed by atoms with Gasteiger partial charge in [0.15, 0.2) is 0 Å². The molecule has 1 aromatic rings. The van der Waals surface area contributed by atoms with Gasteiger partial charge in [-0.2, -0.15) is 5.10 Å². The Kier molecular flexibility index (Phi) is 4.30. The summed E-state index contributed by atoms with van der Waals surface area (Å²) in [5.41, 5.74) is 7.52. The normalized spacial score (nSPS) is 10.3. The molecular weight excluding hydrogens is 194 g/mol. The van der Waals surface area contributed by atoms with Gasteiger partial charge in [-0.1, -0.05) is 0 Å². The number of hydrogen-bond donors (Lipinski definition) is 1. The van der Waals surface area contributed by atoms with Gasteiger partial charge >= 0.3 is 5.97 Å². The lowest BCUT2D eigenvalue weighted by Crippen LogP contribution is -2.15.